The molecule has 0 fully saturated rings. The van der Waals surface area contributed by atoms with Crippen LogP contribution in [0.25, 0.3) is 0 Å². The van der Waals surface area contributed by atoms with Gasteiger partial charge in [-0.1, -0.05) is 11.6 Å². The molecule has 5 nitrogen and oxygen atoms in total. The summed E-state index contributed by atoms with van der Waals surface area (Å²) in [7, 11) is 0. The minimum Gasteiger partial charge on any atom is -0.476 e. The van der Waals surface area contributed by atoms with Gasteiger partial charge in [-0.3, -0.25) is 0 Å². The number of anilines is 1. The summed E-state index contributed by atoms with van der Waals surface area (Å²) in [6, 6.07) is 1.93. The van der Waals surface area contributed by atoms with E-state index in [2.05, 4.69) is 20.3 Å². The van der Waals surface area contributed by atoms with Gasteiger partial charge in [0.05, 0.1) is 12.1 Å². The lowest BCUT2D eigenvalue weighted by molar-refractivity contribution is -0.137. The Morgan fingerprint density at radius 1 is 1.24 bits per heavy atom. The first kappa shape index (κ1) is 19.1. The number of nitrogens with zero attached hydrogens (tertiary/aromatic N) is 3. The molecule has 0 aliphatic rings. The molecule has 0 aliphatic carbocycles. The zero-order valence-electron chi connectivity index (χ0n) is 12.7. The largest absolute Gasteiger partial charge is 0.476 e. The molecular formula is C14H12ClF5N4O. The van der Waals surface area contributed by atoms with E-state index in [-0.39, 0.29) is 35.7 Å². The molecule has 0 saturated heterocycles. The van der Waals surface area contributed by atoms with Crippen molar-refractivity contribution in [3.8, 4) is 5.88 Å². The van der Waals surface area contributed by atoms with Crippen molar-refractivity contribution in [3.63, 3.8) is 0 Å². The molecule has 1 N–H and O–H groups in total. The predicted molar refractivity (Wildman–Crippen MR) is 80.0 cm³/mol. The van der Waals surface area contributed by atoms with Crippen LogP contribution >= 0.6 is 11.6 Å². The van der Waals surface area contributed by atoms with Crippen molar-refractivity contribution in [1.82, 2.24) is 15.0 Å². The molecule has 0 amide bonds. The third-order valence-electron chi connectivity index (χ3n) is 2.90. The summed E-state index contributed by atoms with van der Waals surface area (Å²) >= 11 is 5.80. The van der Waals surface area contributed by atoms with Gasteiger partial charge >= 0.3 is 6.18 Å². The maximum atomic E-state index is 12.8. The van der Waals surface area contributed by atoms with Gasteiger partial charge in [0, 0.05) is 12.3 Å². The number of ether oxygens (including phenoxy) is 1. The highest BCUT2D eigenvalue weighted by molar-refractivity contribution is 6.33. The number of alkyl halides is 5. The molecule has 2 rings (SSSR count). The van der Waals surface area contributed by atoms with Gasteiger partial charge in [-0.25, -0.2) is 23.7 Å². The molecule has 2 aromatic heterocycles. The minimum atomic E-state index is -4.48. The first-order valence-corrected chi connectivity index (χ1v) is 7.28. The second-order valence-electron chi connectivity index (χ2n) is 4.78. The van der Waals surface area contributed by atoms with E-state index in [0.29, 0.717) is 6.20 Å². The average Bonchev–Trinajstić information content (AvgIpc) is 2.53. The number of rotatable bonds is 6. The van der Waals surface area contributed by atoms with Crippen molar-refractivity contribution in [2.45, 2.75) is 19.5 Å². The molecule has 0 saturated carbocycles. The van der Waals surface area contributed by atoms with Gasteiger partial charge in [0.15, 0.2) is 0 Å². The molecule has 2 aromatic rings. The number of aromatic nitrogens is 3. The lowest BCUT2D eigenvalue weighted by Crippen LogP contribution is -2.15. The van der Waals surface area contributed by atoms with E-state index in [9.17, 15) is 22.0 Å². The summed E-state index contributed by atoms with van der Waals surface area (Å²) in [5.74, 6) is 0.133. The highest BCUT2D eigenvalue weighted by Gasteiger charge is 2.30. The Bertz CT molecular complexity index is 724. The number of hydrogen-bond donors (Lipinski definition) is 1. The van der Waals surface area contributed by atoms with Crippen LogP contribution in [0.1, 0.15) is 23.5 Å². The smallest absolute Gasteiger partial charge is 0.417 e. The zero-order valence-corrected chi connectivity index (χ0v) is 13.5. The van der Waals surface area contributed by atoms with Crippen molar-refractivity contribution in [2.75, 3.05) is 18.5 Å². The van der Waals surface area contributed by atoms with Gasteiger partial charge in [-0.15, -0.1) is 0 Å². The average molecular weight is 383 g/mol. The molecule has 0 aromatic carbocycles. The van der Waals surface area contributed by atoms with E-state index in [4.69, 9.17) is 16.3 Å². The lowest BCUT2D eigenvalue weighted by Gasteiger charge is -2.12. The van der Waals surface area contributed by atoms with E-state index in [0.717, 1.165) is 12.1 Å². The van der Waals surface area contributed by atoms with Gasteiger partial charge in [0.1, 0.15) is 29.0 Å². The van der Waals surface area contributed by atoms with Crippen LogP contribution in [0.3, 0.4) is 0 Å². The Balaban J connectivity index is 1.91. The van der Waals surface area contributed by atoms with E-state index >= 15 is 0 Å². The zero-order chi connectivity index (χ0) is 18.6. The van der Waals surface area contributed by atoms with Crippen LogP contribution in [-0.2, 0) is 6.18 Å². The molecule has 136 valence electrons. The molecule has 0 aliphatic heterocycles. The maximum Gasteiger partial charge on any atom is 0.417 e. The van der Waals surface area contributed by atoms with E-state index < -0.39 is 23.9 Å². The Labute approximate surface area is 144 Å². The highest BCUT2D eigenvalue weighted by atomic mass is 35.5. The highest BCUT2D eigenvalue weighted by Crippen LogP contribution is 2.30. The monoisotopic (exact) mass is 382 g/mol. The molecule has 25 heavy (non-hydrogen) atoms. The Morgan fingerprint density at radius 3 is 2.52 bits per heavy atom. The molecule has 2 heterocycles. The summed E-state index contributed by atoms with van der Waals surface area (Å²) in [5.41, 5.74) is -1.47. The topological polar surface area (TPSA) is 59.9 Å². The minimum absolute atomic E-state index is 0.00174. The van der Waals surface area contributed by atoms with Gasteiger partial charge < -0.3 is 10.1 Å². The third-order valence-corrected chi connectivity index (χ3v) is 3.28. The molecule has 0 unspecified atom stereocenters. The number of nitrogens with one attached hydrogen (secondary N) is 1. The van der Waals surface area contributed by atoms with Gasteiger partial charge in [0.25, 0.3) is 6.43 Å². The summed E-state index contributed by atoms with van der Waals surface area (Å²) < 4.78 is 68.0. The molecule has 0 atom stereocenters. The van der Waals surface area contributed by atoms with Crippen LogP contribution in [0.5, 0.6) is 5.88 Å². The quantitative estimate of drug-likeness (QED) is 0.597. The first-order chi connectivity index (χ1) is 11.7. The van der Waals surface area contributed by atoms with Crippen LogP contribution in [0, 0.1) is 6.92 Å². The second-order valence-corrected chi connectivity index (χ2v) is 5.16. The van der Waals surface area contributed by atoms with Crippen LogP contribution in [-0.4, -0.2) is 28.1 Å². The Hall–Kier alpha value is -2.23. The summed E-state index contributed by atoms with van der Waals surface area (Å²) in [5, 5.41) is 2.41. The summed E-state index contributed by atoms with van der Waals surface area (Å²) in [6.07, 6.45) is -6.67. The number of halogens is 6. The van der Waals surface area contributed by atoms with Crippen molar-refractivity contribution in [3.05, 3.63) is 40.4 Å². The molecular weight excluding hydrogens is 371 g/mol. The fourth-order valence-corrected chi connectivity index (χ4v) is 2.03. The van der Waals surface area contributed by atoms with Crippen molar-refractivity contribution in [2.24, 2.45) is 0 Å². The van der Waals surface area contributed by atoms with E-state index in [1.54, 1.807) is 0 Å². The molecule has 11 heteroatoms. The number of aryl methyl sites for hydroxylation is 1. The van der Waals surface area contributed by atoms with Gasteiger partial charge in [0.2, 0.25) is 5.88 Å². The van der Waals surface area contributed by atoms with Gasteiger partial charge in [-0.05, 0) is 13.0 Å². The van der Waals surface area contributed by atoms with Crippen LogP contribution in [0.15, 0.2) is 18.3 Å². The second kappa shape index (κ2) is 7.77. The molecule has 0 radical (unpaired) electrons. The standard InChI is InChI=1S/C14H12ClF5N4O/c1-7-23-11(12(16)17)10(15)13(24-7)21-4-5-25-9-3-2-8(6-22-9)14(18,19)20/h2-3,6,12H,4-5H2,1H3,(H,21,23,24). The first-order valence-electron chi connectivity index (χ1n) is 6.90. The Kier molecular flexibility index (Phi) is 5.93. The Morgan fingerprint density at radius 2 is 1.96 bits per heavy atom. The van der Waals surface area contributed by atoms with E-state index in [1.165, 1.54) is 6.92 Å². The summed E-state index contributed by atoms with van der Waals surface area (Å²) in [6.45, 7) is 1.55. The van der Waals surface area contributed by atoms with Crippen LogP contribution in [0.2, 0.25) is 5.02 Å². The van der Waals surface area contributed by atoms with Crippen molar-refractivity contribution >= 4 is 17.4 Å². The fraction of sp³-hybridized carbons (Fsp3) is 0.357. The van der Waals surface area contributed by atoms with Gasteiger partial charge in [-0.2, -0.15) is 13.2 Å². The van der Waals surface area contributed by atoms with Crippen LogP contribution in [0.4, 0.5) is 27.8 Å². The molecule has 0 bridgehead atoms. The van der Waals surface area contributed by atoms with Crippen molar-refractivity contribution in [1.29, 1.82) is 0 Å². The normalized spacial score (nSPS) is 11.7. The van der Waals surface area contributed by atoms with E-state index in [1.807, 2.05) is 0 Å². The number of hydrogen-bond acceptors (Lipinski definition) is 5. The fourth-order valence-electron chi connectivity index (χ4n) is 1.80. The van der Waals surface area contributed by atoms with Crippen molar-refractivity contribution < 1.29 is 26.7 Å². The SMILES string of the molecule is Cc1nc(NCCOc2ccc(C(F)(F)F)cn2)c(Cl)c(C(F)F)n1. The summed E-state index contributed by atoms with van der Waals surface area (Å²) in [4.78, 5) is 11.0. The maximum absolute atomic E-state index is 12.8. The molecule has 0 spiro atoms. The third kappa shape index (κ3) is 5.12. The number of pyridine rings is 1. The lowest BCUT2D eigenvalue weighted by atomic mass is 10.3. The van der Waals surface area contributed by atoms with Crippen LogP contribution < -0.4 is 10.1 Å². The predicted octanol–water partition coefficient (Wildman–Crippen LogP) is 4.28.